The lowest BCUT2D eigenvalue weighted by molar-refractivity contribution is 0.459. The van der Waals surface area contributed by atoms with Gasteiger partial charge in [-0.2, -0.15) is 4.98 Å². The molecule has 0 unspecified atom stereocenters. The molecule has 17 heavy (non-hydrogen) atoms. The maximum atomic E-state index is 5.83. The second-order valence-electron chi connectivity index (χ2n) is 3.35. The van der Waals surface area contributed by atoms with Crippen LogP contribution in [0.4, 0.5) is 0 Å². The lowest BCUT2D eigenvalue weighted by Gasteiger charge is -2.06. The summed E-state index contributed by atoms with van der Waals surface area (Å²) < 4.78 is 5.59. The van der Waals surface area contributed by atoms with E-state index in [2.05, 4.69) is 9.97 Å². The summed E-state index contributed by atoms with van der Waals surface area (Å²) in [6, 6.07) is 9.39. The molecule has 0 fully saturated rings. The molecular formula is C12H11ClN2OS. The van der Waals surface area contributed by atoms with Crippen molar-refractivity contribution in [3.8, 4) is 11.6 Å². The predicted octanol–water partition coefficient (Wildman–Crippen LogP) is 3.95. The minimum atomic E-state index is 0.383. The fourth-order valence-electron chi connectivity index (χ4n) is 1.32. The van der Waals surface area contributed by atoms with Crippen LogP contribution in [0.25, 0.3) is 0 Å². The van der Waals surface area contributed by atoms with E-state index in [-0.39, 0.29) is 0 Å². The predicted molar refractivity (Wildman–Crippen MR) is 70.1 cm³/mol. The molecule has 3 nitrogen and oxygen atoms in total. The highest BCUT2D eigenvalue weighted by molar-refractivity contribution is 7.98. The van der Waals surface area contributed by atoms with Gasteiger partial charge in [0, 0.05) is 11.0 Å². The van der Waals surface area contributed by atoms with Crippen molar-refractivity contribution in [1.29, 1.82) is 0 Å². The molecule has 0 saturated carbocycles. The Balaban J connectivity index is 2.19. The summed E-state index contributed by atoms with van der Waals surface area (Å²) in [6.07, 6.45) is 2.03. The van der Waals surface area contributed by atoms with Crippen molar-refractivity contribution < 1.29 is 4.74 Å². The SMILES string of the molecule is CSc1ccc(Oc2cc(Cl)nc(C)n2)cc1. The highest BCUT2D eigenvalue weighted by Gasteiger charge is 2.02. The molecule has 1 heterocycles. The van der Waals surface area contributed by atoms with Crippen LogP contribution in [0.2, 0.25) is 5.15 Å². The van der Waals surface area contributed by atoms with E-state index in [0.717, 1.165) is 5.75 Å². The van der Waals surface area contributed by atoms with Crippen molar-refractivity contribution in [2.75, 3.05) is 6.26 Å². The summed E-state index contributed by atoms with van der Waals surface area (Å²) in [5, 5.41) is 0.383. The molecule has 0 radical (unpaired) electrons. The van der Waals surface area contributed by atoms with Crippen LogP contribution in [0.3, 0.4) is 0 Å². The third-order valence-electron chi connectivity index (χ3n) is 2.07. The Morgan fingerprint density at radius 2 is 1.88 bits per heavy atom. The van der Waals surface area contributed by atoms with Crippen molar-refractivity contribution in [2.24, 2.45) is 0 Å². The molecule has 0 saturated heterocycles. The lowest BCUT2D eigenvalue weighted by Crippen LogP contribution is -1.93. The fourth-order valence-corrected chi connectivity index (χ4v) is 1.95. The Morgan fingerprint density at radius 1 is 1.18 bits per heavy atom. The number of ether oxygens (including phenoxy) is 1. The highest BCUT2D eigenvalue weighted by Crippen LogP contribution is 2.24. The van der Waals surface area contributed by atoms with Gasteiger partial charge >= 0.3 is 0 Å². The number of hydrogen-bond acceptors (Lipinski definition) is 4. The Kier molecular flexibility index (Phi) is 3.86. The number of nitrogens with zero attached hydrogens (tertiary/aromatic N) is 2. The first-order chi connectivity index (χ1) is 8.17. The molecule has 5 heteroatoms. The average molecular weight is 267 g/mol. The van der Waals surface area contributed by atoms with E-state index in [1.54, 1.807) is 24.8 Å². The van der Waals surface area contributed by atoms with Crippen molar-refractivity contribution in [3.63, 3.8) is 0 Å². The van der Waals surface area contributed by atoms with E-state index in [9.17, 15) is 0 Å². The summed E-state index contributed by atoms with van der Waals surface area (Å²) >= 11 is 7.52. The standard InChI is InChI=1S/C12H11ClN2OS/c1-8-14-11(13)7-12(15-8)16-9-3-5-10(17-2)6-4-9/h3-7H,1-2H3. The minimum Gasteiger partial charge on any atom is -0.439 e. The number of thioether (sulfide) groups is 1. The van der Waals surface area contributed by atoms with Gasteiger partial charge in [-0.05, 0) is 37.4 Å². The summed E-state index contributed by atoms with van der Waals surface area (Å²) in [5.74, 6) is 1.78. The topological polar surface area (TPSA) is 35.0 Å². The first-order valence-corrected chi connectivity index (χ1v) is 6.61. The summed E-state index contributed by atoms with van der Waals surface area (Å²) in [7, 11) is 0. The molecule has 2 rings (SSSR count). The van der Waals surface area contributed by atoms with E-state index in [1.807, 2.05) is 30.5 Å². The van der Waals surface area contributed by atoms with Crippen LogP contribution in [0.15, 0.2) is 35.2 Å². The number of benzene rings is 1. The zero-order chi connectivity index (χ0) is 12.3. The molecule has 2 aromatic rings. The summed E-state index contributed by atoms with van der Waals surface area (Å²) in [4.78, 5) is 9.31. The minimum absolute atomic E-state index is 0.383. The average Bonchev–Trinajstić information content (AvgIpc) is 2.28. The zero-order valence-corrected chi connectivity index (χ0v) is 11.0. The van der Waals surface area contributed by atoms with E-state index >= 15 is 0 Å². The molecule has 0 aliphatic heterocycles. The van der Waals surface area contributed by atoms with Gasteiger partial charge < -0.3 is 4.74 Å². The Bertz CT molecular complexity index is 496. The lowest BCUT2D eigenvalue weighted by atomic mass is 10.3. The molecule has 0 bridgehead atoms. The highest BCUT2D eigenvalue weighted by atomic mass is 35.5. The smallest absolute Gasteiger partial charge is 0.224 e. The van der Waals surface area contributed by atoms with Crippen LogP contribution in [0.5, 0.6) is 11.6 Å². The van der Waals surface area contributed by atoms with Crippen LogP contribution in [-0.2, 0) is 0 Å². The van der Waals surface area contributed by atoms with Crippen LogP contribution >= 0.6 is 23.4 Å². The Labute approximate surface area is 109 Å². The van der Waals surface area contributed by atoms with Gasteiger partial charge in [-0.3, -0.25) is 0 Å². The third-order valence-corrected chi connectivity index (χ3v) is 3.00. The van der Waals surface area contributed by atoms with E-state index in [1.165, 1.54) is 4.90 Å². The number of aromatic nitrogens is 2. The van der Waals surface area contributed by atoms with Crippen molar-refractivity contribution >= 4 is 23.4 Å². The quantitative estimate of drug-likeness (QED) is 0.622. The molecule has 0 spiro atoms. The van der Waals surface area contributed by atoms with Gasteiger partial charge in [0.15, 0.2) is 0 Å². The van der Waals surface area contributed by atoms with Crippen molar-refractivity contribution in [1.82, 2.24) is 9.97 Å². The van der Waals surface area contributed by atoms with Crippen LogP contribution < -0.4 is 4.74 Å². The molecule has 0 atom stereocenters. The second kappa shape index (κ2) is 5.38. The monoisotopic (exact) mass is 266 g/mol. The molecular weight excluding hydrogens is 256 g/mol. The molecule has 0 aliphatic rings. The van der Waals surface area contributed by atoms with Crippen molar-refractivity contribution in [2.45, 2.75) is 11.8 Å². The van der Waals surface area contributed by atoms with Gasteiger partial charge in [-0.1, -0.05) is 11.6 Å². The van der Waals surface area contributed by atoms with Crippen LogP contribution in [0, 0.1) is 6.92 Å². The maximum absolute atomic E-state index is 5.83. The first-order valence-electron chi connectivity index (χ1n) is 5.00. The van der Waals surface area contributed by atoms with Crippen LogP contribution in [0.1, 0.15) is 5.82 Å². The molecule has 0 aliphatic carbocycles. The number of hydrogen-bond donors (Lipinski definition) is 0. The number of aryl methyl sites for hydroxylation is 1. The summed E-state index contributed by atoms with van der Waals surface area (Å²) in [6.45, 7) is 1.77. The second-order valence-corrected chi connectivity index (χ2v) is 4.62. The molecule has 88 valence electrons. The van der Waals surface area contributed by atoms with Crippen molar-refractivity contribution in [3.05, 3.63) is 41.3 Å². The molecule has 1 aromatic carbocycles. The van der Waals surface area contributed by atoms with Gasteiger partial charge in [0.1, 0.15) is 16.7 Å². The normalized spacial score (nSPS) is 10.3. The summed E-state index contributed by atoms with van der Waals surface area (Å²) in [5.41, 5.74) is 0. The fraction of sp³-hybridized carbons (Fsp3) is 0.167. The number of halogens is 1. The molecule has 1 aromatic heterocycles. The van der Waals surface area contributed by atoms with E-state index in [0.29, 0.717) is 16.9 Å². The van der Waals surface area contributed by atoms with E-state index < -0.39 is 0 Å². The number of rotatable bonds is 3. The van der Waals surface area contributed by atoms with Crippen LogP contribution in [-0.4, -0.2) is 16.2 Å². The Hall–Kier alpha value is -1.26. The zero-order valence-electron chi connectivity index (χ0n) is 9.48. The van der Waals surface area contributed by atoms with Gasteiger partial charge in [0.25, 0.3) is 0 Å². The third kappa shape index (κ3) is 3.35. The van der Waals surface area contributed by atoms with Gasteiger partial charge in [0.2, 0.25) is 5.88 Å². The maximum Gasteiger partial charge on any atom is 0.224 e. The van der Waals surface area contributed by atoms with E-state index in [4.69, 9.17) is 16.3 Å². The van der Waals surface area contributed by atoms with Gasteiger partial charge in [0.05, 0.1) is 0 Å². The molecule has 0 amide bonds. The Morgan fingerprint density at radius 3 is 2.47 bits per heavy atom. The molecule has 0 N–H and O–H groups in total. The van der Waals surface area contributed by atoms with Gasteiger partial charge in [-0.25, -0.2) is 4.98 Å². The first kappa shape index (κ1) is 12.2. The van der Waals surface area contributed by atoms with Gasteiger partial charge in [-0.15, -0.1) is 11.8 Å². The largest absolute Gasteiger partial charge is 0.439 e.